The number of alkyl carbamates (subject to hydrolysis) is 1. The van der Waals surface area contributed by atoms with Crippen molar-refractivity contribution in [1.82, 2.24) is 5.32 Å². The number of hydrogen-bond acceptors (Lipinski definition) is 5. The summed E-state index contributed by atoms with van der Waals surface area (Å²) in [5.74, 6) is -0.185. The second kappa shape index (κ2) is 11.1. The quantitative estimate of drug-likeness (QED) is 0.339. The van der Waals surface area contributed by atoms with Crippen molar-refractivity contribution in [2.45, 2.75) is 50.6 Å². The van der Waals surface area contributed by atoms with Gasteiger partial charge in [0.25, 0.3) is 0 Å². The van der Waals surface area contributed by atoms with Gasteiger partial charge in [0, 0.05) is 11.8 Å². The Morgan fingerprint density at radius 3 is 2.13 bits per heavy atom. The molecule has 1 aliphatic carbocycles. The molecule has 1 fully saturated rings. The summed E-state index contributed by atoms with van der Waals surface area (Å²) in [5.41, 5.74) is 1.32. The van der Waals surface area contributed by atoms with E-state index in [9.17, 15) is 9.59 Å². The van der Waals surface area contributed by atoms with Crippen LogP contribution < -0.4 is 5.32 Å². The van der Waals surface area contributed by atoms with Crippen LogP contribution in [-0.2, 0) is 27.5 Å². The third kappa shape index (κ3) is 6.02. The predicted octanol–water partition coefficient (Wildman–Crippen LogP) is 4.91. The van der Waals surface area contributed by atoms with E-state index in [2.05, 4.69) is 5.32 Å². The first-order valence-corrected chi connectivity index (χ1v) is 11.0. The number of carbonyl (C=O) groups excluding carboxylic acids is 2. The average Bonchev–Trinajstić information content (AvgIpc) is 3.16. The van der Waals surface area contributed by atoms with E-state index in [1.165, 1.54) is 0 Å². The Bertz CT molecular complexity index is 814. The third-order valence-electron chi connectivity index (χ3n) is 5.64. The number of amides is 1. The van der Waals surface area contributed by atoms with Crippen molar-refractivity contribution in [3.05, 3.63) is 71.8 Å². The molecule has 160 valence electrons. The molecule has 5 nitrogen and oxygen atoms in total. The number of hydrogen-bond donors (Lipinski definition) is 2. The fourth-order valence-electron chi connectivity index (χ4n) is 3.92. The molecule has 0 spiro atoms. The van der Waals surface area contributed by atoms with Crippen molar-refractivity contribution < 1.29 is 19.1 Å². The first kappa shape index (κ1) is 22.2. The van der Waals surface area contributed by atoms with Crippen molar-refractivity contribution in [2.24, 2.45) is 5.41 Å². The molecule has 0 heterocycles. The van der Waals surface area contributed by atoms with Crippen LogP contribution in [0, 0.1) is 5.41 Å². The van der Waals surface area contributed by atoms with Crippen molar-refractivity contribution in [2.75, 3.05) is 6.54 Å². The Kier molecular flexibility index (Phi) is 8.20. The first-order valence-electron chi connectivity index (χ1n) is 10.4. The molecule has 0 bridgehead atoms. The molecular formula is C24H29NO4S. The summed E-state index contributed by atoms with van der Waals surface area (Å²) in [6.07, 6.45) is 3.48. The van der Waals surface area contributed by atoms with Crippen LogP contribution in [0.2, 0.25) is 0 Å². The van der Waals surface area contributed by atoms with Crippen LogP contribution in [0.3, 0.4) is 0 Å². The zero-order valence-electron chi connectivity index (χ0n) is 17.1. The van der Waals surface area contributed by atoms with Crippen molar-refractivity contribution in [1.29, 1.82) is 0 Å². The van der Waals surface area contributed by atoms with E-state index in [0.717, 1.165) is 30.4 Å². The Balaban J connectivity index is 1.44. The third-order valence-corrected chi connectivity index (χ3v) is 6.39. The minimum absolute atomic E-state index is 0.0224. The summed E-state index contributed by atoms with van der Waals surface area (Å²) in [6, 6.07) is 19.2. The van der Waals surface area contributed by atoms with Gasteiger partial charge < -0.3 is 14.8 Å². The highest BCUT2D eigenvalue weighted by Gasteiger charge is 2.48. The molecule has 0 radical (unpaired) electrons. The van der Waals surface area contributed by atoms with Crippen LogP contribution in [0.5, 0.6) is 0 Å². The number of benzene rings is 2. The number of esters is 1. The van der Waals surface area contributed by atoms with Crippen molar-refractivity contribution in [3.63, 3.8) is 0 Å². The van der Waals surface area contributed by atoms with Gasteiger partial charge in [0.15, 0.2) is 0 Å². The fraction of sp³-hybridized carbons (Fsp3) is 0.417. The number of nitrogens with one attached hydrogen (secondary N) is 1. The molecule has 2 atom stereocenters. The molecule has 6 heteroatoms. The zero-order valence-corrected chi connectivity index (χ0v) is 18.0. The van der Waals surface area contributed by atoms with Crippen LogP contribution in [-0.4, -0.2) is 23.9 Å². The smallest absolute Gasteiger partial charge is 0.407 e. The topological polar surface area (TPSA) is 64.6 Å². The lowest BCUT2D eigenvalue weighted by molar-refractivity contribution is -0.157. The molecule has 30 heavy (non-hydrogen) atoms. The summed E-state index contributed by atoms with van der Waals surface area (Å²) in [6.45, 7) is 0.953. The van der Waals surface area contributed by atoms with E-state index in [1.807, 2.05) is 60.7 Å². The van der Waals surface area contributed by atoms with Crippen LogP contribution >= 0.6 is 12.6 Å². The Hall–Kier alpha value is -2.47. The number of carbonyl (C=O) groups is 2. The minimum Gasteiger partial charge on any atom is -0.460 e. The summed E-state index contributed by atoms with van der Waals surface area (Å²) in [7, 11) is 0. The van der Waals surface area contributed by atoms with Gasteiger partial charge in [-0.15, -0.1) is 0 Å². The van der Waals surface area contributed by atoms with Crippen LogP contribution in [0.25, 0.3) is 0 Å². The first-order chi connectivity index (χ1) is 14.6. The van der Waals surface area contributed by atoms with Gasteiger partial charge in [0.2, 0.25) is 0 Å². The second-order valence-corrected chi connectivity index (χ2v) is 8.34. The molecule has 1 saturated carbocycles. The van der Waals surface area contributed by atoms with Gasteiger partial charge in [-0.1, -0.05) is 67.1 Å². The highest BCUT2D eigenvalue weighted by molar-refractivity contribution is 7.81. The maximum absolute atomic E-state index is 13.0. The normalized spacial score (nSPS) is 20.5. The summed E-state index contributed by atoms with van der Waals surface area (Å²) in [4.78, 5) is 24.9. The molecule has 3 rings (SSSR count). The summed E-state index contributed by atoms with van der Waals surface area (Å²) in [5, 5.41) is 2.75. The Morgan fingerprint density at radius 1 is 0.967 bits per heavy atom. The Morgan fingerprint density at radius 2 is 1.57 bits per heavy atom. The molecule has 0 aliphatic heterocycles. The van der Waals surface area contributed by atoms with Crippen LogP contribution in [0.4, 0.5) is 4.79 Å². The average molecular weight is 428 g/mol. The molecule has 0 saturated heterocycles. The maximum Gasteiger partial charge on any atom is 0.407 e. The number of ether oxygens (including phenoxy) is 2. The minimum atomic E-state index is -0.590. The molecule has 1 aliphatic rings. The molecule has 2 aromatic rings. The lowest BCUT2D eigenvalue weighted by Gasteiger charge is -2.31. The van der Waals surface area contributed by atoms with Gasteiger partial charge in [-0.2, -0.15) is 12.6 Å². The number of rotatable bonds is 9. The van der Waals surface area contributed by atoms with E-state index in [-0.39, 0.29) is 24.4 Å². The van der Waals surface area contributed by atoms with Crippen LogP contribution in [0.15, 0.2) is 60.7 Å². The van der Waals surface area contributed by atoms with Crippen molar-refractivity contribution in [3.8, 4) is 0 Å². The van der Waals surface area contributed by atoms with E-state index in [0.29, 0.717) is 19.4 Å². The zero-order chi connectivity index (χ0) is 21.2. The van der Waals surface area contributed by atoms with Crippen molar-refractivity contribution >= 4 is 24.7 Å². The van der Waals surface area contributed by atoms with E-state index < -0.39 is 11.5 Å². The summed E-state index contributed by atoms with van der Waals surface area (Å²) >= 11 is 4.70. The standard InChI is InChI=1S/C24H29NO4S/c26-22(28-17-19-9-3-1-4-10-19)24(14-7-13-21(24)30)15-8-16-25-23(27)29-18-20-11-5-2-6-12-20/h1-6,9-12,21,30H,7-8,13-18H2,(H,25,27)/t21-,24-/m0/s1. The highest BCUT2D eigenvalue weighted by atomic mass is 32.1. The van der Waals surface area contributed by atoms with Gasteiger partial charge in [0.05, 0.1) is 5.41 Å². The molecule has 1 amide bonds. The molecular weight excluding hydrogens is 398 g/mol. The molecule has 0 aromatic heterocycles. The van der Waals surface area contributed by atoms with Gasteiger partial charge in [-0.05, 0) is 36.8 Å². The van der Waals surface area contributed by atoms with Gasteiger partial charge in [-0.3, -0.25) is 4.79 Å². The second-order valence-electron chi connectivity index (χ2n) is 7.72. The van der Waals surface area contributed by atoms with E-state index in [4.69, 9.17) is 22.1 Å². The largest absolute Gasteiger partial charge is 0.460 e. The monoisotopic (exact) mass is 427 g/mol. The van der Waals surface area contributed by atoms with Crippen LogP contribution in [0.1, 0.15) is 43.2 Å². The van der Waals surface area contributed by atoms with E-state index in [1.54, 1.807) is 0 Å². The number of thiol groups is 1. The lowest BCUT2D eigenvalue weighted by atomic mass is 9.81. The molecule has 0 unspecified atom stereocenters. The van der Waals surface area contributed by atoms with Gasteiger partial charge in [0.1, 0.15) is 13.2 Å². The molecule has 2 aromatic carbocycles. The fourth-order valence-corrected chi connectivity index (χ4v) is 4.47. The lowest BCUT2D eigenvalue weighted by Crippen LogP contribution is -2.38. The van der Waals surface area contributed by atoms with Gasteiger partial charge in [-0.25, -0.2) is 4.79 Å². The summed E-state index contributed by atoms with van der Waals surface area (Å²) < 4.78 is 10.9. The van der Waals surface area contributed by atoms with Gasteiger partial charge >= 0.3 is 12.1 Å². The maximum atomic E-state index is 13.0. The Labute approximate surface area is 183 Å². The molecule has 1 N–H and O–H groups in total. The predicted molar refractivity (Wildman–Crippen MR) is 119 cm³/mol. The SMILES string of the molecule is O=C(NCCC[C@@]1(C(=O)OCc2ccccc2)CCC[C@@H]1S)OCc1ccccc1. The highest BCUT2D eigenvalue weighted by Crippen LogP contribution is 2.46. The van der Waals surface area contributed by atoms with E-state index >= 15 is 0 Å².